The first kappa shape index (κ1) is 19.5. The summed E-state index contributed by atoms with van der Waals surface area (Å²) in [6.07, 6.45) is 2.31. The highest BCUT2D eigenvalue weighted by Crippen LogP contribution is 2.24. The van der Waals surface area contributed by atoms with Gasteiger partial charge in [0.25, 0.3) is 0 Å². The summed E-state index contributed by atoms with van der Waals surface area (Å²) in [6.45, 7) is 5.97. The van der Waals surface area contributed by atoms with Crippen LogP contribution in [0.2, 0.25) is 0 Å². The normalized spacial score (nSPS) is 15.9. The van der Waals surface area contributed by atoms with Crippen molar-refractivity contribution in [3.63, 3.8) is 0 Å². The highest BCUT2D eigenvalue weighted by molar-refractivity contribution is 14.0. The Balaban J connectivity index is 0.00000208. The minimum absolute atomic E-state index is 0. The van der Waals surface area contributed by atoms with Gasteiger partial charge in [-0.2, -0.15) is 11.3 Å². The van der Waals surface area contributed by atoms with E-state index in [1.165, 1.54) is 10.6 Å². The number of halogens is 1. The summed E-state index contributed by atoms with van der Waals surface area (Å²) in [6, 6.07) is 6.98. The Morgan fingerprint density at radius 1 is 1.29 bits per heavy atom. The van der Waals surface area contributed by atoms with Gasteiger partial charge in [-0.15, -0.1) is 35.3 Å². The minimum atomic E-state index is 0. The lowest BCUT2D eigenvalue weighted by Crippen LogP contribution is -2.48. The summed E-state index contributed by atoms with van der Waals surface area (Å²) in [7, 11) is 0. The number of hydrogen-bond donors (Lipinski definition) is 2. The zero-order valence-electron chi connectivity index (χ0n) is 13.9. The molecule has 2 N–H and O–H groups in total. The van der Waals surface area contributed by atoms with Crippen LogP contribution >= 0.6 is 46.7 Å². The summed E-state index contributed by atoms with van der Waals surface area (Å²) in [4.78, 5) is 7.19. The number of aliphatic imine (C=N–C) groups is 1. The molecule has 7 heteroatoms. The van der Waals surface area contributed by atoms with Crippen LogP contribution in [0.1, 0.15) is 25.3 Å². The molecular formula is C17H25IN4S2. The fourth-order valence-corrected chi connectivity index (χ4v) is 4.21. The molecule has 2 aromatic heterocycles. The Bertz CT molecular complexity index is 590. The number of piperidine rings is 1. The van der Waals surface area contributed by atoms with E-state index in [0.717, 1.165) is 45.0 Å². The number of anilines is 1. The van der Waals surface area contributed by atoms with Crippen molar-refractivity contribution in [3.05, 3.63) is 39.9 Å². The highest BCUT2D eigenvalue weighted by atomic mass is 127. The van der Waals surface area contributed by atoms with Gasteiger partial charge in [-0.05, 0) is 59.7 Å². The zero-order chi connectivity index (χ0) is 15.9. The van der Waals surface area contributed by atoms with E-state index in [1.54, 1.807) is 11.3 Å². The molecule has 24 heavy (non-hydrogen) atoms. The summed E-state index contributed by atoms with van der Waals surface area (Å²) in [5, 5.41) is 14.8. The lowest BCUT2D eigenvalue weighted by molar-refractivity contribution is 0.463. The molecule has 4 nitrogen and oxygen atoms in total. The Labute approximate surface area is 169 Å². The number of nitrogens with zero attached hydrogens (tertiary/aromatic N) is 2. The van der Waals surface area contributed by atoms with Crippen molar-refractivity contribution < 1.29 is 0 Å². The van der Waals surface area contributed by atoms with Gasteiger partial charge < -0.3 is 15.5 Å². The first-order valence-corrected chi connectivity index (χ1v) is 10.0. The smallest absolute Gasteiger partial charge is 0.191 e. The average molecular weight is 476 g/mol. The molecule has 3 heterocycles. The molecule has 0 unspecified atom stereocenters. The number of nitrogens with one attached hydrogen (secondary N) is 2. The van der Waals surface area contributed by atoms with Crippen LogP contribution in [0.5, 0.6) is 0 Å². The van der Waals surface area contributed by atoms with Gasteiger partial charge in [0, 0.05) is 25.7 Å². The Hall–Kier alpha value is -0.800. The number of hydrogen-bond acceptors (Lipinski definition) is 4. The van der Waals surface area contributed by atoms with Gasteiger partial charge in [-0.25, -0.2) is 4.99 Å². The maximum Gasteiger partial charge on any atom is 0.191 e. The van der Waals surface area contributed by atoms with Crippen molar-refractivity contribution in [1.29, 1.82) is 0 Å². The molecule has 0 radical (unpaired) electrons. The molecule has 0 amide bonds. The summed E-state index contributed by atoms with van der Waals surface area (Å²) >= 11 is 3.55. The van der Waals surface area contributed by atoms with Crippen LogP contribution in [-0.4, -0.2) is 31.6 Å². The predicted molar refractivity (Wildman–Crippen MR) is 117 cm³/mol. The van der Waals surface area contributed by atoms with E-state index in [0.29, 0.717) is 6.04 Å². The Kier molecular flexibility index (Phi) is 8.34. The van der Waals surface area contributed by atoms with Crippen LogP contribution in [0.15, 0.2) is 39.3 Å². The molecule has 0 spiro atoms. The van der Waals surface area contributed by atoms with Crippen molar-refractivity contribution in [2.75, 3.05) is 24.5 Å². The summed E-state index contributed by atoms with van der Waals surface area (Å²) in [5.41, 5.74) is 1.28. The SMILES string of the molecule is CCNC(=NCc1ccsc1)NC1CCN(c2cccs2)CC1.I. The largest absolute Gasteiger partial charge is 0.363 e. The topological polar surface area (TPSA) is 39.7 Å². The van der Waals surface area contributed by atoms with Crippen LogP contribution in [0.25, 0.3) is 0 Å². The van der Waals surface area contributed by atoms with Crippen LogP contribution in [0, 0.1) is 0 Å². The van der Waals surface area contributed by atoms with Gasteiger partial charge in [0.2, 0.25) is 0 Å². The molecule has 132 valence electrons. The van der Waals surface area contributed by atoms with E-state index >= 15 is 0 Å². The lowest BCUT2D eigenvalue weighted by atomic mass is 10.1. The number of rotatable bonds is 5. The minimum Gasteiger partial charge on any atom is -0.363 e. The molecule has 1 aliphatic rings. The van der Waals surface area contributed by atoms with Gasteiger partial charge >= 0.3 is 0 Å². The van der Waals surface area contributed by atoms with Gasteiger partial charge in [-0.3, -0.25) is 0 Å². The van der Waals surface area contributed by atoms with Crippen LogP contribution in [-0.2, 0) is 6.54 Å². The summed E-state index contributed by atoms with van der Waals surface area (Å²) < 4.78 is 0. The second-order valence-corrected chi connectivity index (χ2v) is 7.39. The fraction of sp³-hybridized carbons (Fsp3) is 0.471. The second-order valence-electron chi connectivity index (χ2n) is 5.68. The van der Waals surface area contributed by atoms with E-state index in [9.17, 15) is 0 Å². The molecule has 3 rings (SSSR count). The third-order valence-corrected chi connectivity index (χ3v) is 5.66. The molecule has 0 atom stereocenters. The van der Waals surface area contributed by atoms with Gasteiger partial charge in [0.1, 0.15) is 0 Å². The van der Waals surface area contributed by atoms with Crippen molar-refractivity contribution in [2.45, 2.75) is 32.4 Å². The summed E-state index contributed by atoms with van der Waals surface area (Å²) in [5.74, 6) is 0.938. The van der Waals surface area contributed by atoms with E-state index < -0.39 is 0 Å². The molecule has 0 aliphatic carbocycles. The monoisotopic (exact) mass is 476 g/mol. The molecule has 0 saturated carbocycles. The molecule has 0 bridgehead atoms. The van der Waals surface area contributed by atoms with Crippen molar-refractivity contribution in [3.8, 4) is 0 Å². The standard InChI is InChI=1S/C17H24N4S2.HI/c1-2-18-17(19-12-14-7-11-22-13-14)20-15-5-8-21(9-6-15)16-4-3-10-23-16;/h3-4,7,10-11,13,15H,2,5-6,8-9,12H2,1H3,(H2,18,19,20);1H. The molecule has 1 saturated heterocycles. The Morgan fingerprint density at radius 2 is 2.12 bits per heavy atom. The van der Waals surface area contributed by atoms with E-state index in [2.05, 4.69) is 56.8 Å². The lowest BCUT2D eigenvalue weighted by Gasteiger charge is -2.33. The molecule has 1 fully saturated rings. The quantitative estimate of drug-likeness (QED) is 0.387. The van der Waals surface area contributed by atoms with Crippen molar-refractivity contribution >= 4 is 57.6 Å². The first-order chi connectivity index (χ1) is 11.3. The maximum absolute atomic E-state index is 4.71. The second kappa shape index (κ2) is 10.2. The average Bonchev–Trinajstić information content (AvgIpc) is 3.27. The van der Waals surface area contributed by atoms with E-state index in [1.807, 2.05) is 11.3 Å². The van der Waals surface area contributed by atoms with Gasteiger partial charge in [-0.1, -0.05) is 0 Å². The highest BCUT2D eigenvalue weighted by Gasteiger charge is 2.20. The van der Waals surface area contributed by atoms with E-state index in [-0.39, 0.29) is 24.0 Å². The first-order valence-electron chi connectivity index (χ1n) is 8.19. The van der Waals surface area contributed by atoms with Gasteiger partial charge in [0.15, 0.2) is 5.96 Å². The molecule has 2 aromatic rings. The third kappa shape index (κ3) is 5.63. The predicted octanol–water partition coefficient (Wildman–Crippen LogP) is 4.15. The van der Waals surface area contributed by atoms with Gasteiger partial charge in [0.05, 0.1) is 11.5 Å². The molecule has 0 aromatic carbocycles. The van der Waals surface area contributed by atoms with Crippen molar-refractivity contribution in [1.82, 2.24) is 10.6 Å². The van der Waals surface area contributed by atoms with Crippen LogP contribution < -0.4 is 15.5 Å². The Morgan fingerprint density at radius 3 is 2.75 bits per heavy atom. The van der Waals surface area contributed by atoms with Crippen molar-refractivity contribution in [2.24, 2.45) is 4.99 Å². The maximum atomic E-state index is 4.71. The molecule has 1 aliphatic heterocycles. The number of thiophene rings is 2. The number of guanidine groups is 1. The molecular weight excluding hydrogens is 451 g/mol. The van der Waals surface area contributed by atoms with E-state index in [4.69, 9.17) is 4.99 Å². The van der Waals surface area contributed by atoms with Crippen LogP contribution in [0.3, 0.4) is 0 Å². The zero-order valence-corrected chi connectivity index (χ0v) is 17.9. The third-order valence-electron chi connectivity index (χ3n) is 4.00. The fourth-order valence-electron chi connectivity index (χ4n) is 2.76. The van der Waals surface area contributed by atoms with Crippen LogP contribution in [0.4, 0.5) is 5.00 Å².